The maximum Gasteiger partial charge on any atom is 0.317 e. The minimum atomic E-state index is -0.0198. The first-order chi connectivity index (χ1) is 9.24. The SMILES string of the molecule is COc1cc(C#N)ccc1NCCN1CCNC1=O. The van der Waals surface area contributed by atoms with Crippen molar-refractivity contribution in [2.75, 3.05) is 38.6 Å². The largest absolute Gasteiger partial charge is 0.495 e. The number of hydrogen-bond acceptors (Lipinski definition) is 4. The maximum absolute atomic E-state index is 11.3. The zero-order valence-electron chi connectivity index (χ0n) is 10.8. The van der Waals surface area contributed by atoms with Crippen LogP contribution in [0.3, 0.4) is 0 Å². The Morgan fingerprint density at radius 2 is 2.42 bits per heavy atom. The van der Waals surface area contributed by atoms with Crippen molar-refractivity contribution in [3.05, 3.63) is 23.8 Å². The number of nitriles is 1. The average molecular weight is 260 g/mol. The number of ether oxygens (including phenoxy) is 1. The molecular formula is C13H16N4O2. The highest BCUT2D eigenvalue weighted by molar-refractivity contribution is 5.76. The number of amides is 2. The van der Waals surface area contributed by atoms with Crippen molar-refractivity contribution >= 4 is 11.7 Å². The fraction of sp³-hybridized carbons (Fsp3) is 0.385. The van der Waals surface area contributed by atoms with Crippen LogP contribution < -0.4 is 15.4 Å². The van der Waals surface area contributed by atoms with Gasteiger partial charge in [-0.3, -0.25) is 0 Å². The molecule has 2 amide bonds. The predicted molar refractivity (Wildman–Crippen MR) is 71.2 cm³/mol. The highest BCUT2D eigenvalue weighted by Gasteiger charge is 2.18. The number of urea groups is 1. The number of nitrogens with one attached hydrogen (secondary N) is 2. The first kappa shape index (κ1) is 13.0. The molecule has 1 fully saturated rings. The maximum atomic E-state index is 11.3. The van der Waals surface area contributed by atoms with Gasteiger partial charge in [0.1, 0.15) is 5.75 Å². The lowest BCUT2D eigenvalue weighted by atomic mass is 10.2. The standard InChI is InChI=1S/C13H16N4O2/c1-19-12-8-10(9-14)2-3-11(12)15-4-6-17-7-5-16-13(17)18/h2-3,8,15H,4-7H2,1H3,(H,16,18). The van der Waals surface area contributed by atoms with Crippen LogP contribution in [0, 0.1) is 11.3 Å². The number of nitrogens with zero attached hydrogens (tertiary/aromatic N) is 2. The molecular weight excluding hydrogens is 244 g/mol. The highest BCUT2D eigenvalue weighted by atomic mass is 16.5. The van der Waals surface area contributed by atoms with E-state index < -0.39 is 0 Å². The number of methoxy groups -OCH3 is 1. The second-order valence-electron chi connectivity index (χ2n) is 4.17. The van der Waals surface area contributed by atoms with Crippen molar-refractivity contribution in [3.8, 4) is 11.8 Å². The molecule has 1 aromatic rings. The molecule has 2 rings (SSSR count). The lowest BCUT2D eigenvalue weighted by Crippen LogP contribution is -2.32. The van der Waals surface area contributed by atoms with Crippen molar-refractivity contribution in [2.45, 2.75) is 0 Å². The van der Waals surface area contributed by atoms with Crippen molar-refractivity contribution in [3.63, 3.8) is 0 Å². The Balaban J connectivity index is 1.92. The molecule has 1 heterocycles. The fourth-order valence-electron chi connectivity index (χ4n) is 1.96. The quantitative estimate of drug-likeness (QED) is 0.828. The Hall–Kier alpha value is -2.42. The van der Waals surface area contributed by atoms with Gasteiger partial charge in [-0.15, -0.1) is 0 Å². The van der Waals surface area contributed by atoms with E-state index in [2.05, 4.69) is 16.7 Å². The molecule has 100 valence electrons. The van der Waals surface area contributed by atoms with Crippen LogP contribution in [-0.4, -0.2) is 44.2 Å². The summed E-state index contributed by atoms with van der Waals surface area (Å²) >= 11 is 0. The second-order valence-corrected chi connectivity index (χ2v) is 4.17. The smallest absolute Gasteiger partial charge is 0.317 e. The molecule has 1 aliphatic heterocycles. The van der Waals surface area contributed by atoms with Gasteiger partial charge in [-0.2, -0.15) is 5.26 Å². The lowest BCUT2D eigenvalue weighted by Gasteiger charge is -2.16. The van der Waals surface area contributed by atoms with Gasteiger partial charge in [0.05, 0.1) is 24.4 Å². The third kappa shape index (κ3) is 3.07. The molecule has 19 heavy (non-hydrogen) atoms. The molecule has 0 aliphatic carbocycles. The molecule has 1 saturated heterocycles. The Kier molecular flexibility index (Phi) is 4.08. The lowest BCUT2D eigenvalue weighted by molar-refractivity contribution is 0.219. The van der Waals surface area contributed by atoms with E-state index in [1.165, 1.54) is 0 Å². The molecule has 0 radical (unpaired) electrons. The average Bonchev–Trinajstić information content (AvgIpc) is 2.84. The summed E-state index contributed by atoms with van der Waals surface area (Å²) in [4.78, 5) is 13.1. The van der Waals surface area contributed by atoms with Crippen molar-refractivity contribution in [1.82, 2.24) is 10.2 Å². The van der Waals surface area contributed by atoms with E-state index >= 15 is 0 Å². The van der Waals surface area contributed by atoms with Crippen LogP contribution in [0.25, 0.3) is 0 Å². The minimum absolute atomic E-state index is 0.0198. The van der Waals surface area contributed by atoms with Gasteiger partial charge in [0.15, 0.2) is 0 Å². The normalized spacial score (nSPS) is 13.9. The molecule has 0 atom stereocenters. The van der Waals surface area contributed by atoms with E-state index in [1.54, 1.807) is 30.2 Å². The van der Waals surface area contributed by atoms with E-state index in [1.807, 2.05) is 0 Å². The van der Waals surface area contributed by atoms with Gasteiger partial charge in [-0.25, -0.2) is 4.79 Å². The van der Waals surface area contributed by atoms with Crippen LogP contribution in [0.15, 0.2) is 18.2 Å². The number of carbonyl (C=O) groups is 1. The number of hydrogen-bond donors (Lipinski definition) is 2. The molecule has 0 aromatic heterocycles. The van der Waals surface area contributed by atoms with Gasteiger partial charge in [-0.05, 0) is 12.1 Å². The highest BCUT2D eigenvalue weighted by Crippen LogP contribution is 2.24. The van der Waals surface area contributed by atoms with Crippen LogP contribution in [0.4, 0.5) is 10.5 Å². The number of carbonyl (C=O) groups excluding carboxylic acids is 1. The molecule has 1 aliphatic rings. The number of rotatable bonds is 5. The van der Waals surface area contributed by atoms with Gasteiger partial charge < -0.3 is 20.3 Å². The summed E-state index contributed by atoms with van der Waals surface area (Å²) in [6, 6.07) is 7.27. The van der Waals surface area contributed by atoms with Gasteiger partial charge in [0.25, 0.3) is 0 Å². The summed E-state index contributed by atoms with van der Waals surface area (Å²) < 4.78 is 5.22. The predicted octanol–water partition coefficient (Wildman–Crippen LogP) is 1.00. The first-order valence-electron chi connectivity index (χ1n) is 6.09. The third-order valence-corrected chi connectivity index (χ3v) is 2.97. The van der Waals surface area contributed by atoms with Crippen LogP contribution in [0.1, 0.15) is 5.56 Å². The molecule has 0 spiro atoms. The van der Waals surface area contributed by atoms with Gasteiger partial charge in [0.2, 0.25) is 0 Å². The zero-order valence-corrected chi connectivity index (χ0v) is 10.8. The molecule has 0 unspecified atom stereocenters. The van der Waals surface area contributed by atoms with E-state index in [4.69, 9.17) is 10.00 Å². The number of benzene rings is 1. The number of anilines is 1. The van der Waals surface area contributed by atoms with Crippen LogP contribution in [0.5, 0.6) is 5.75 Å². The van der Waals surface area contributed by atoms with Crippen LogP contribution in [0.2, 0.25) is 0 Å². The Bertz CT molecular complexity index is 510. The van der Waals surface area contributed by atoms with Crippen LogP contribution in [-0.2, 0) is 0 Å². The molecule has 6 nitrogen and oxygen atoms in total. The summed E-state index contributed by atoms with van der Waals surface area (Å²) in [6.07, 6.45) is 0. The fourth-order valence-corrected chi connectivity index (χ4v) is 1.96. The van der Waals surface area contributed by atoms with Crippen molar-refractivity contribution in [1.29, 1.82) is 5.26 Å². The molecule has 2 N–H and O–H groups in total. The van der Waals surface area contributed by atoms with Gasteiger partial charge >= 0.3 is 6.03 Å². The molecule has 0 bridgehead atoms. The van der Waals surface area contributed by atoms with E-state index in [0.717, 1.165) is 12.2 Å². The summed E-state index contributed by atoms with van der Waals surface area (Å²) in [7, 11) is 1.57. The summed E-state index contributed by atoms with van der Waals surface area (Å²) in [5.74, 6) is 0.630. The Labute approximate surface area is 112 Å². The third-order valence-electron chi connectivity index (χ3n) is 2.97. The molecule has 6 heteroatoms. The van der Waals surface area contributed by atoms with Crippen LogP contribution >= 0.6 is 0 Å². The molecule has 0 saturated carbocycles. The van der Waals surface area contributed by atoms with Gasteiger partial charge in [-0.1, -0.05) is 0 Å². The first-order valence-corrected chi connectivity index (χ1v) is 6.09. The van der Waals surface area contributed by atoms with Crippen molar-refractivity contribution < 1.29 is 9.53 Å². The van der Waals surface area contributed by atoms with Gasteiger partial charge in [0, 0.05) is 32.2 Å². The van der Waals surface area contributed by atoms with Crippen molar-refractivity contribution in [2.24, 2.45) is 0 Å². The van der Waals surface area contributed by atoms with E-state index in [-0.39, 0.29) is 6.03 Å². The molecule has 1 aromatic carbocycles. The minimum Gasteiger partial charge on any atom is -0.495 e. The van der Waals surface area contributed by atoms with E-state index in [9.17, 15) is 4.79 Å². The monoisotopic (exact) mass is 260 g/mol. The second kappa shape index (κ2) is 5.96. The van der Waals surface area contributed by atoms with E-state index in [0.29, 0.717) is 30.9 Å². The zero-order chi connectivity index (χ0) is 13.7. The Morgan fingerprint density at radius 1 is 1.58 bits per heavy atom. The Morgan fingerprint density at radius 3 is 3.05 bits per heavy atom. The topological polar surface area (TPSA) is 77.4 Å². The summed E-state index contributed by atoms with van der Waals surface area (Å²) in [5.41, 5.74) is 1.38. The summed E-state index contributed by atoms with van der Waals surface area (Å²) in [5, 5.41) is 14.8. The summed E-state index contributed by atoms with van der Waals surface area (Å²) in [6.45, 7) is 2.72.